The molecule has 1 unspecified atom stereocenters. The Bertz CT molecular complexity index is 1610. The van der Waals surface area contributed by atoms with Gasteiger partial charge in [0.15, 0.2) is 16.8 Å². The summed E-state index contributed by atoms with van der Waals surface area (Å²) in [5.74, 6) is 0.0571. The molecule has 0 spiro atoms. The molecule has 1 N–H and O–H groups in total. The molecule has 0 radical (unpaired) electrons. The van der Waals surface area contributed by atoms with E-state index in [1.54, 1.807) is 42.5 Å². The van der Waals surface area contributed by atoms with Crippen molar-refractivity contribution in [3.8, 4) is 22.9 Å². The van der Waals surface area contributed by atoms with Crippen LogP contribution in [0.15, 0.2) is 60.8 Å². The number of hydrogen-bond donors (Lipinski definition) is 1. The molecular weight excluding hydrogens is 553 g/mol. The predicted octanol–water partition coefficient (Wildman–Crippen LogP) is 6.79. The summed E-state index contributed by atoms with van der Waals surface area (Å²) in [6.07, 6.45) is -1.45. The van der Waals surface area contributed by atoms with Gasteiger partial charge >= 0.3 is 6.18 Å². The molecule has 4 aromatic rings. The zero-order chi connectivity index (χ0) is 27.7. The molecule has 0 aliphatic heterocycles. The maximum atomic E-state index is 13.6. The van der Waals surface area contributed by atoms with Crippen molar-refractivity contribution in [2.24, 2.45) is 0 Å². The Kier molecular flexibility index (Phi) is 7.44. The highest BCUT2D eigenvalue weighted by Crippen LogP contribution is 2.40. The largest absolute Gasteiger partial charge is 0.487 e. The number of alkyl halides is 3. The first-order valence-corrected chi connectivity index (χ1v) is 13.4. The number of aromatic nitrogens is 2. The van der Waals surface area contributed by atoms with Gasteiger partial charge in [-0.15, -0.1) is 0 Å². The average Bonchev–Trinajstić information content (AvgIpc) is 3.71. The fraction of sp³-hybridized carbons (Fsp3) is 0.222. The van der Waals surface area contributed by atoms with Gasteiger partial charge in [-0.25, -0.2) is 9.19 Å². The van der Waals surface area contributed by atoms with Gasteiger partial charge in [0.1, 0.15) is 12.6 Å². The Morgan fingerprint density at radius 1 is 1.08 bits per heavy atom. The van der Waals surface area contributed by atoms with Crippen molar-refractivity contribution in [3.05, 3.63) is 77.1 Å². The Hall–Kier alpha value is -3.72. The van der Waals surface area contributed by atoms with Gasteiger partial charge in [0.2, 0.25) is 0 Å². The third-order valence-corrected chi connectivity index (χ3v) is 6.81. The van der Waals surface area contributed by atoms with Crippen LogP contribution in [0.4, 0.5) is 24.5 Å². The summed E-state index contributed by atoms with van der Waals surface area (Å²) in [6, 6.07) is 16.5. The molecule has 1 aliphatic carbocycles. The molecule has 5 rings (SSSR count). The lowest BCUT2D eigenvalue weighted by atomic mass is 10.0. The summed E-state index contributed by atoms with van der Waals surface area (Å²) < 4.78 is 66.6. The van der Waals surface area contributed by atoms with Gasteiger partial charge in [0, 0.05) is 11.4 Å². The van der Waals surface area contributed by atoms with E-state index in [2.05, 4.69) is 9.97 Å². The third-order valence-electron chi connectivity index (χ3n) is 5.98. The maximum Gasteiger partial charge on any atom is 0.406 e. The van der Waals surface area contributed by atoms with Crippen LogP contribution in [0.2, 0.25) is 5.02 Å². The van der Waals surface area contributed by atoms with Crippen molar-refractivity contribution >= 4 is 45.1 Å². The molecular formula is C27H20ClF3N4O3S. The number of hydrogen-bond acceptors (Lipinski definition) is 6. The number of halogens is 4. The fourth-order valence-electron chi connectivity index (χ4n) is 4.06. The minimum Gasteiger partial charge on any atom is -0.487 e. The molecule has 0 amide bonds. The van der Waals surface area contributed by atoms with Crippen LogP contribution >= 0.6 is 11.6 Å². The van der Waals surface area contributed by atoms with E-state index in [9.17, 15) is 22.6 Å². The summed E-state index contributed by atoms with van der Waals surface area (Å²) in [5.41, 5.74) is 3.44. The van der Waals surface area contributed by atoms with E-state index in [0.29, 0.717) is 16.7 Å². The van der Waals surface area contributed by atoms with E-state index in [-0.39, 0.29) is 39.6 Å². The lowest BCUT2D eigenvalue weighted by Crippen LogP contribution is -2.30. The second-order valence-corrected chi connectivity index (χ2v) is 10.4. The van der Waals surface area contributed by atoms with Crippen LogP contribution in [0.25, 0.3) is 22.2 Å². The van der Waals surface area contributed by atoms with Crippen molar-refractivity contribution in [1.29, 1.82) is 5.26 Å². The highest BCUT2D eigenvalue weighted by atomic mass is 35.5. The topological polar surface area (TPSA) is 99.3 Å². The van der Waals surface area contributed by atoms with Crippen LogP contribution in [-0.2, 0) is 16.8 Å². The second-order valence-electron chi connectivity index (χ2n) is 9.01. The van der Waals surface area contributed by atoms with E-state index in [1.807, 2.05) is 6.07 Å². The number of ether oxygens (including phenoxy) is 1. The molecule has 1 fully saturated rings. The van der Waals surface area contributed by atoms with E-state index >= 15 is 0 Å². The Morgan fingerprint density at radius 2 is 1.79 bits per heavy atom. The highest BCUT2D eigenvalue weighted by Gasteiger charge is 2.33. The summed E-state index contributed by atoms with van der Waals surface area (Å²) in [6.45, 7) is -1.29. The van der Waals surface area contributed by atoms with Crippen LogP contribution in [0.1, 0.15) is 24.1 Å². The van der Waals surface area contributed by atoms with Crippen molar-refractivity contribution < 1.29 is 26.7 Å². The van der Waals surface area contributed by atoms with Crippen LogP contribution in [0.5, 0.6) is 5.75 Å². The normalized spacial score (nSPS) is 14.2. The maximum absolute atomic E-state index is 13.6. The summed E-state index contributed by atoms with van der Waals surface area (Å²) in [7, 11) is 0. The SMILES string of the molecule is N#Cc1cc(N(CC(F)(F)F)c2ccc(-c3ccc4nc(CS(=O)O)cnc4c3)cc2)cc(Cl)c1OC1CC1. The number of anilines is 2. The van der Waals surface area contributed by atoms with Crippen molar-refractivity contribution in [3.63, 3.8) is 0 Å². The van der Waals surface area contributed by atoms with E-state index in [0.717, 1.165) is 28.9 Å². The minimum absolute atomic E-state index is 0.0338. The molecule has 1 aliphatic rings. The van der Waals surface area contributed by atoms with Gasteiger partial charge in [0.05, 0.1) is 45.4 Å². The first kappa shape index (κ1) is 26.9. The number of fused-ring (bicyclic) bond motifs is 1. The lowest BCUT2D eigenvalue weighted by Gasteiger charge is -2.27. The molecule has 0 bridgehead atoms. The number of rotatable bonds is 8. The number of nitriles is 1. The zero-order valence-electron chi connectivity index (χ0n) is 20.2. The van der Waals surface area contributed by atoms with Crippen LogP contribution in [0, 0.1) is 11.3 Å². The fourth-order valence-corrected chi connectivity index (χ4v) is 4.71. The van der Waals surface area contributed by atoms with Gasteiger partial charge in [-0.1, -0.05) is 29.8 Å². The molecule has 12 heteroatoms. The lowest BCUT2D eigenvalue weighted by molar-refractivity contribution is -0.118. The van der Waals surface area contributed by atoms with Crippen LogP contribution in [-0.4, -0.2) is 37.6 Å². The molecule has 3 aromatic carbocycles. The van der Waals surface area contributed by atoms with Gasteiger partial charge in [-0.05, 0) is 60.4 Å². The van der Waals surface area contributed by atoms with E-state index < -0.39 is 23.8 Å². The summed E-state index contributed by atoms with van der Waals surface area (Å²) in [4.78, 5) is 9.69. The standard InChI is InChI=1S/C27H20ClF3N4O3S/c28-23-11-21(9-18(12-32)26(23)38-22-6-7-22)35(15-27(29,30)31)20-4-1-16(2-5-20)17-3-8-24-25(10-17)33-13-19(34-24)14-39(36)37/h1-5,8-11,13,22H,6-7,14-15H2,(H,36,37). The number of benzene rings is 3. The molecule has 1 heterocycles. The Balaban J connectivity index is 1.46. The molecule has 39 heavy (non-hydrogen) atoms. The molecule has 1 saturated carbocycles. The monoisotopic (exact) mass is 572 g/mol. The first-order valence-electron chi connectivity index (χ1n) is 11.8. The smallest absolute Gasteiger partial charge is 0.406 e. The molecule has 1 atom stereocenters. The Labute approximate surface area is 229 Å². The van der Waals surface area contributed by atoms with Gasteiger partial charge in [-0.3, -0.25) is 4.98 Å². The van der Waals surface area contributed by atoms with Crippen LogP contribution in [0.3, 0.4) is 0 Å². The van der Waals surface area contributed by atoms with Gasteiger partial charge in [-0.2, -0.15) is 18.4 Å². The predicted molar refractivity (Wildman–Crippen MR) is 142 cm³/mol. The summed E-state index contributed by atoms with van der Waals surface area (Å²) >= 11 is 4.32. The molecule has 1 aromatic heterocycles. The van der Waals surface area contributed by atoms with Crippen molar-refractivity contribution in [2.45, 2.75) is 30.9 Å². The van der Waals surface area contributed by atoms with Crippen molar-refractivity contribution in [1.82, 2.24) is 9.97 Å². The Morgan fingerprint density at radius 3 is 2.44 bits per heavy atom. The number of nitrogens with zero attached hydrogens (tertiary/aromatic N) is 4. The van der Waals surface area contributed by atoms with E-state index in [1.165, 1.54) is 18.3 Å². The molecule has 0 saturated heterocycles. The minimum atomic E-state index is -4.53. The van der Waals surface area contributed by atoms with Crippen LogP contribution < -0.4 is 9.64 Å². The van der Waals surface area contributed by atoms with Gasteiger partial charge < -0.3 is 14.2 Å². The highest BCUT2D eigenvalue weighted by molar-refractivity contribution is 7.78. The zero-order valence-corrected chi connectivity index (χ0v) is 21.7. The van der Waals surface area contributed by atoms with E-state index in [4.69, 9.17) is 20.9 Å². The third kappa shape index (κ3) is 6.47. The molecule has 200 valence electrons. The van der Waals surface area contributed by atoms with Crippen molar-refractivity contribution in [2.75, 3.05) is 11.4 Å². The average molecular weight is 573 g/mol. The second kappa shape index (κ2) is 10.8. The summed E-state index contributed by atoms with van der Waals surface area (Å²) in [5, 5.41) is 9.69. The first-order chi connectivity index (χ1) is 18.6. The quantitative estimate of drug-likeness (QED) is 0.232. The van der Waals surface area contributed by atoms with Gasteiger partial charge in [0.25, 0.3) is 0 Å². The molecule has 7 nitrogen and oxygen atoms in total.